The largest absolute Gasteiger partial charge is 0.457 e. The summed E-state index contributed by atoms with van der Waals surface area (Å²) in [7, 11) is 0. The molecule has 0 saturated heterocycles. The number of esters is 1. The highest BCUT2D eigenvalue weighted by Gasteiger charge is 2.36. The third kappa shape index (κ3) is 4.79. The van der Waals surface area contributed by atoms with Gasteiger partial charge in [0.25, 0.3) is 0 Å². The van der Waals surface area contributed by atoms with Gasteiger partial charge in [-0.05, 0) is 30.4 Å². The van der Waals surface area contributed by atoms with E-state index in [1.165, 1.54) is 11.1 Å². The molecule has 4 N–H and O–H groups in total. The maximum Gasteiger partial charge on any atom is 0.306 e. The van der Waals surface area contributed by atoms with Crippen molar-refractivity contribution in [3.05, 3.63) is 35.1 Å². The van der Waals surface area contributed by atoms with E-state index in [0.717, 1.165) is 42.6 Å². The molecule has 1 saturated carbocycles. The van der Waals surface area contributed by atoms with E-state index in [4.69, 9.17) is 21.2 Å². The van der Waals surface area contributed by atoms with Crippen molar-refractivity contribution in [3.8, 4) is 0 Å². The molecule has 1 aliphatic rings. The van der Waals surface area contributed by atoms with Crippen molar-refractivity contribution >= 4 is 39.4 Å². The number of carbonyl (C=O) groups is 1. The number of nitrogens with two attached hydrogens (primary N) is 2. The van der Waals surface area contributed by atoms with Crippen molar-refractivity contribution < 1.29 is 9.53 Å². The first-order valence-electron chi connectivity index (χ1n) is 9.77. The molecule has 0 radical (unpaired) electrons. The fourth-order valence-corrected chi connectivity index (χ4v) is 5.20. The second kappa shape index (κ2) is 8.28. The lowest BCUT2D eigenvalue weighted by atomic mass is 9.70. The van der Waals surface area contributed by atoms with Crippen LogP contribution in [0.3, 0.4) is 0 Å². The van der Waals surface area contributed by atoms with E-state index in [-0.39, 0.29) is 35.7 Å². The van der Waals surface area contributed by atoms with Crippen LogP contribution in [0.2, 0.25) is 0 Å². The van der Waals surface area contributed by atoms with Gasteiger partial charge in [-0.1, -0.05) is 31.4 Å². The number of anilines is 2. The number of rotatable bonds is 6. The number of nitrogen functional groups attached to an aromatic ring is 2. The Hall–Kier alpha value is -2.81. The lowest BCUT2D eigenvalue weighted by molar-refractivity contribution is -0.148. The molecule has 0 atom stereocenters. The molecule has 152 valence electrons. The highest BCUT2D eigenvalue weighted by Crippen LogP contribution is 2.43. The van der Waals surface area contributed by atoms with Crippen molar-refractivity contribution in [3.63, 3.8) is 0 Å². The monoisotopic (exact) mass is 412 g/mol. The second-order valence-corrected chi connectivity index (χ2v) is 8.73. The molecule has 9 heteroatoms. The van der Waals surface area contributed by atoms with E-state index >= 15 is 0 Å². The molecular weight excluding hydrogens is 388 g/mol. The SMILES string of the molecule is Nc1nc(N)nc(COC(=O)CC2(Cc3nc4ccccc4s3)CCCCC2)n1. The van der Waals surface area contributed by atoms with Gasteiger partial charge in [0, 0.05) is 6.42 Å². The Morgan fingerprint density at radius 2 is 1.76 bits per heavy atom. The molecule has 0 aliphatic heterocycles. The van der Waals surface area contributed by atoms with Crippen molar-refractivity contribution in [1.82, 2.24) is 19.9 Å². The number of para-hydroxylation sites is 1. The summed E-state index contributed by atoms with van der Waals surface area (Å²) in [6.07, 6.45) is 6.62. The van der Waals surface area contributed by atoms with Crippen LogP contribution in [0.4, 0.5) is 11.9 Å². The summed E-state index contributed by atoms with van der Waals surface area (Å²) < 4.78 is 6.62. The second-order valence-electron chi connectivity index (χ2n) is 7.62. The predicted octanol–water partition coefficient (Wildman–Crippen LogP) is 3.27. The van der Waals surface area contributed by atoms with E-state index in [2.05, 4.69) is 21.0 Å². The fraction of sp³-hybridized carbons (Fsp3) is 0.450. The minimum absolute atomic E-state index is 0.0168. The topological polar surface area (TPSA) is 130 Å². The molecule has 0 bridgehead atoms. The maximum atomic E-state index is 12.6. The summed E-state index contributed by atoms with van der Waals surface area (Å²) in [5.74, 6) is 0.0315. The Morgan fingerprint density at radius 1 is 1.03 bits per heavy atom. The predicted molar refractivity (Wildman–Crippen MR) is 112 cm³/mol. The molecule has 1 fully saturated rings. The average molecular weight is 413 g/mol. The lowest BCUT2D eigenvalue weighted by Crippen LogP contribution is -2.30. The molecule has 2 heterocycles. The van der Waals surface area contributed by atoms with Gasteiger partial charge in [-0.3, -0.25) is 4.79 Å². The van der Waals surface area contributed by atoms with Gasteiger partial charge in [0.2, 0.25) is 11.9 Å². The number of ether oxygens (including phenoxy) is 1. The zero-order valence-corrected chi connectivity index (χ0v) is 17.0. The van der Waals surface area contributed by atoms with E-state index in [1.54, 1.807) is 11.3 Å². The van der Waals surface area contributed by atoms with E-state index in [9.17, 15) is 4.79 Å². The number of carbonyl (C=O) groups excluding carboxylic acids is 1. The van der Waals surface area contributed by atoms with Gasteiger partial charge in [-0.25, -0.2) is 4.98 Å². The Kier molecular flexibility index (Phi) is 5.57. The number of hydrogen-bond donors (Lipinski definition) is 2. The van der Waals surface area contributed by atoms with Crippen LogP contribution in [-0.2, 0) is 22.6 Å². The molecule has 29 heavy (non-hydrogen) atoms. The van der Waals surface area contributed by atoms with Crippen molar-refractivity contribution in [2.24, 2.45) is 5.41 Å². The molecule has 1 aliphatic carbocycles. The van der Waals surface area contributed by atoms with Crippen LogP contribution in [0.1, 0.15) is 49.4 Å². The Balaban J connectivity index is 1.45. The molecule has 4 rings (SSSR count). The average Bonchev–Trinajstić information content (AvgIpc) is 3.08. The Labute approximate surface area is 172 Å². The Bertz CT molecular complexity index is 962. The number of aromatic nitrogens is 4. The van der Waals surface area contributed by atoms with Gasteiger partial charge in [0.1, 0.15) is 0 Å². The number of thiazole rings is 1. The van der Waals surface area contributed by atoms with Gasteiger partial charge >= 0.3 is 5.97 Å². The highest BCUT2D eigenvalue weighted by atomic mass is 32.1. The zero-order valence-electron chi connectivity index (χ0n) is 16.1. The number of nitrogens with zero attached hydrogens (tertiary/aromatic N) is 4. The molecule has 0 amide bonds. The summed E-state index contributed by atoms with van der Waals surface area (Å²) in [5, 5.41) is 1.08. The molecular formula is C20H24N6O2S. The smallest absolute Gasteiger partial charge is 0.306 e. The fourth-order valence-electron chi connectivity index (χ4n) is 4.06. The molecule has 1 aromatic carbocycles. The highest BCUT2D eigenvalue weighted by molar-refractivity contribution is 7.18. The van der Waals surface area contributed by atoms with Crippen molar-refractivity contribution in [2.75, 3.05) is 11.5 Å². The summed E-state index contributed by atoms with van der Waals surface area (Å²) in [6, 6.07) is 8.15. The maximum absolute atomic E-state index is 12.6. The van der Waals surface area contributed by atoms with E-state index < -0.39 is 0 Å². The summed E-state index contributed by atoms with van der Waals surface area (Å²) in [4.78, 5) is 29.1. The standard InChI is InChI=1S/C20H24N6O2S/c21-18-24-15(25-19(22)26-18)12-28-17(27)11-20(8-4-1-5-9-20)10-16-23-13-6-2-3-7-14(13)29-16/h2-3,6-7H,1,4-5,8-12H2,(H4,21,22,24,25,26). The first-order valence-corrected chi connectivity index (χ1v) is 10.6. The molecule has 8 nitrogen and oxygen atoms in total. The van der Waals surface area contributed by atoms with Crippen LogP contribution in [0.5, 0.6) is 0 Å². The number of fused-ring (bicyclic) bond motifs is 1. The third-order valence-electron chi connectivity index (χ3n) is 5.38. The molecule has 2 aromatic heterocycles. The van der Waals surface area contributed by atoms with Crippen LogP contribution < -0.4 is 11.5 Å². The van der Waals surface area contributed by atoms with Crippen LogP contribution >= 0.6 is 11.3 Å². The zero-order chi connectivity index (χ0) is 20.3. The quantitative estimate of drug-likeness (QED) is 0.590. The van der Waals surface area contributed by atoms with Gasteiger partial charge in [0.05, 0.1) is 21.6 Å². The molecule has 3 aromatic rings. The lowest BCUT2D eigenvalue weighted by Gasteiger charge is -2.36. The van der Waals surface area contributed by atoms with Gasteiger partial charge in [-0.2, -0.15) is 15.0 Å². The van der Waals surface area contributed by atoms with Gasteiger partial charge in [-0.15, -0.1) is 11.3 Å². The molecule has 0 unspecified atom stereocenters. The first kappa shape index (κ1) is 19.5. The number of hydrogen-bond acceptors (Lipinski definition) is 9. The van der Waals surface area contributed by atoms with E-state index in [0.29, 0.717) is 6.42 Å². The summed E-state index contributed by atoms with van der Waals surface area (Å²) in [5.41, 5.74) is 12.0. The Morgan fingerprint density at radius 3 is 2.48 bits per heavy atom. The molecule has 0 spiro atoms. The van der Waals surface area contributed by atoms with Crippen molar-refractivity contribution in [1.29, 1.82) is 0 Å². The summed E-state index contributed by atoms with van der Waals surface area (Å²) in [6.45, 7) is -0.0625. The van der Waals surface area contributed by atoms with Crippen LogP contribution in [-0.4, -0.2) is 25.9 Å². The van der Waals surface area contributed by atoms with Gasteiger partial charge in [0.15, 0.2) is 12.4 Å². The first-order chi connectivity index (χ1) is 14.0. The van der Waals surface area contributed by atoms with E-state index in [1.807, 2.05) is 18.2 Å². The third-order valence-corrected chi connectivity index (χ3v) is 6.41. The number of benzene rings is 1. The summed E-state index contributed by atoms with van der Waals surface area (Å²) >= 11 is 1.71. The normalized spacial score (nSPS) is 16.0. The minimum atomic E-state index is -0.259. The minimum Gasteiger partial charge on any atom is -0.457 e. The van der Waals surface area contributed by atoms with Crippen molar-refractivity contribution in [2.45, 2.75) is 51.6 Å². The van der Waals surface area contributed by atoms with Crippen LogP contribution in [0.25, 0.3) is 10.2 Å². The van der Waals surface area contributed by atoms with Gasteiger partial charge < -0.3 is 16.2 Å². The van der Waals surface area contributed by atoms with Crippen LogP contribution in [0.15, 0.2) is 24.3 Å². The van der Waals surface area contributed by atoms with Crippen LogP contribution in [0, 0.1) is 5.41 Å².